The molecule has 0 unspecified atom stereocenters. The Hall–Kier alpha value is -2.49. The van der Waals surface area contributed by atoms with Gasteiger partial charge in [0.25, 0.3) is 0 Å². The van der Waals surface area contributed by atoms with Crippen LogP contribution < -0.4 is 5.32 Å². The molecule has 0 spiro atoms. The fourth-order valence-electron chi connectivity index (χ4n) is 2.03. The average molecular weight is 250 g/mol. The quantitative estimate of drug-likeness (QED) is 0.776. The molecule has 0 fully saturated rings. The molecule has 3 aromatic rings. The van der Waals surface area contributed by atoms with Gasteiger partial charge in [0, 0.05) is 16.5 Å². The van der Waals surface area contributed by atoms with Gasteiger partial charge in [-0.05, 0) is 19.1 Å². The van der Waals surface area contributed by atoms with Gasteiger partial charge in [0.2, 0.25) is 0 Å². The number of nitrogens with zero attached hydrogens (tertiary/aromatic N) is 3. The molecule has 1 aromatic carbocycles. The zero-order valence-electron chi connectivity index (χ0n) is 10.7. The third-order valence-electron chi connectivity index (χ3n) is 2.95. The highest BCUT2D eigenvalue weighted by atomic mass is 15.2. The maximum atomic E-state index is 4.46. The monoisotopic (exact) mass is 250 g/mol. The topological polar surface area (TPSA) is 50.7 Å². The number of hydrogen-bond donors (Lipinski definition) is 1. The normalized spacial score (nSPS) is 10.6. The molecular formula is C15H14N4. The summed E-state index contributed by atoms with van der Waals surface area (Å²) in [5.74, 6) is 0.793. The Balaban J connectivity index is 1.86. The van der Waals surface area contributed by atoms with Crippen LogP contribution in [0.25, 0.3) is 10.8 Å². The van der Waals surface area contributed by atoms with Crippen molar-refractivity contribution in [3.63, 3.8) is 0 Å². The number of hydrogen-bond acceptors (Lipinski definition) is 4. The molecule has 0 saturated heterocycles. The summed E-state index contributed by atoms with van der Waals surface area (Å²) in [6.45, 7) is 2.63. The predicted molar refractivity (Wildman–Crippen MR) is 75.8 cm³/mol. The van der Waals surface area contributed by atoms with Crippen molar-refractivity contribution < 1.29 is 0 Å². The Morgan fingerprint density at radius 2 is 1.95 bits per heavy atom. The van der Waals surface area contributed by atoms with E-state index >= 15 is 0 Å². The summed E-state index contributed by atoms with van der Waals surface area (Å²) in [4.78, 5) is 4.46. The Labute approximate surface area is 111 Å². The minimum atomic E-state index is 0.643. The highest BCUT2D eigenvalue weighted by Gasteiger charge is 2.02. The van der Waals surface area contributed by atoms with Gasteiger partial charge in [-0.2, -0.15) is 5.10 Å². The van der Waals surface area contributed by atoms with Crippen molar-refractivity contribution in [2.24, 2.45) is 0 Å². The molecule has 1 N–H and O–H groups in total. The number of pyridine rings is 1. The van der Waals surface area contributed by atoms with Gasteiger partial charge in [0.15, 0.2) is 5.82 Å². The van der Waals surface area contributed by atoms with Crippen LogP contribution in [0, 0.1) is 6.92 Å². The van der Waals surface area contributed by atoms with E-state index in [0.717, 1.165) is 28.0 Å². The van der Waals surface area contributed by atoms with Crippen LogP contribution in [-0.2, 0) is 6.54 Å². The van der Waals surface area contributed by atoms with E-state index in [1.807, 2.05) is 49.4 Å². The number of aromatic nitrogens is 3. The van der Waals surface area contributed by atoms with E-state index in [0.29, 0.717) is 6.54 Å². The first-order chi connectivity index (χ1) is 9.33. The Morgan fingerprint density at radius 1 is 1.05 bits per heavy atom. The predicted octanol–water partition coefficient (Wildman–Crippen LogP) is 2.95. The summed E-state index contributed by atoms with van der Waals surface area (Å²) in [7, 11) is 0. The van der Waals surface area contributed by atoms with Gasteiger partial charge in [0.05, 0.1) is 18.4 Å². The summed E-state index contributed by atoms with van der Waals surface area (Å²) in [5, 5.41) is 13.6. The van der Waals surface area contributed by atoms with Crippen LogP contribution in [0.5, 0.6) is 0 Å². The van der Waals surface area contributed by atoms with Crippen LogP contribution >= 0.6 is 0 Å². The van der Waals surface area contributed by atoms with Gasteiger partial charge in [-0.15, -0.1) is 5.10 Å². The lowest BCUT2D eigenvalue weighted by Gasteiger charge is -2.07. The van der Waals surface area contributed by atoms with Gasteiger partial charge >= 0.3 is 0 Å². The van der Waals surface area contributed by atoms with E-state index in [9.17, 15) is 0 Å². The first-order valence-corrected chi connectivity index (χ1v) is 6.20. The molecule has 0 aliphatic rings. The van der Waals surface area contributed by atoms with Crippen LogP contribution in [0.4, 0.5) is 5.82 Å². The minimum absolute atomic E-state index is 0.643. The van der Waals surface area contributed by atoms with Gasteiger partial charge in [-0.25, -0.2) is 0 Å². The van der Waals surface area contributed by atoms with Crippen molar-refractivity contribution in [1.29, 1.82) is 0 Å². The van der Waals surface area contributed by atoms with Crippen LogP contribution in [0.1, 0.15) is 11.4 Å². The van der Waals surface area contributed by atoms with E-state index in [2.05, 4.69) is 20.5 Å². The molecule has 0 saturated carbocycles. The average Bonchev–Trinajstić information content (AvgIpc) is 2.45. The van der Waals surface area contributed by atoms with Crippen molar-refractivity contribution in [1.82, 2.24) is 15.2 Å². The summed E-state index contributed by atoms with van der Waals surface area (Å²) in [6.07, 6.45) is 1.77. The molecule has 0 aliphatic carbocycles. The van der Waals surface area contributed by atoms with Crippen LogP contribution in [0.2, 0.25) is 0 Å². The van der Waals surface area contributed by atoms with Gasteiger partial charge in [0.1, 0.15) is 0 Å². The number of fused-ring (bicyclic) bond motifs is 1. The van der Waals surface area contributed by atoms with Crippen molar-refractivity contribution in [2.75, 3.05) is 5.32 Å². The van der Waals surface area contributed by atoms with Crippen LogP contribution in [-0.4, -0.2) is 15.2 Å². The first kappa shape index (κ1) is 11.6. The largest absolute Gasteiger partial charge is 0.362 e. The van der Waals surface area contributed by atoms with Gasteiger partial charge < -0.3 is 5.32 Å². The zero-order chi connectivity index (χ0) is 13.1. The highest BCUT2D eigenvalue weighted by Crippen LogP contribution is 2.19. The van der Waals surface area contributed by atoms with Crippen molar-refractivity contribution in [2.45, 2.75) is 13.5 Å². The fourth-order valence-corrected chi connectivity index (χ4v) is 2.03. The number of aryl methyl sites for hydroxylation is 1. The maximum absolute atomic E-state index is 4.46. The van der Waals surface area contributed by atoms with E-state index in [4.69, 9.17) is 0 Å². The molecule has 4 nitrogen and oxygen atoms in total. The van der Waals surface area contributed by atoms with Gasteiger partial charge in [-0.1, -0.05) is 30.3 Å². The zero-order valence-corrected chi connectivity index (χ0v) is 10.7. The SMILES string of the molecule is Cc1cccc(CNc2nncc3ccccc23)n1. The number of benzene rings is 1. The molecule has 3 rings (SSSR count). The lowest BCUT2D eigenvalue weighted by Crippen LogP contribution is -2.05. The van der Waals surface area contributed by atoms with E-state index in [-0.39, 0.29) is 0 Å². The van der Waals surface area contributed by atoms with Crippen LogP contribution in [0.3, 0.4) is 0 Å². The first-order valence-electron chi connectivity index (χ1n) is 6.20. The molecular weight excluding hydrogens is 236 g/mol. The van der Waals surface area contributed by atoms with E-state index < -0.39 is 0 Å². The molecule has 0 radical (unpaired) electrons. The second-order valence-electron chi connectivity index (χ2n) is 4.40. The molecule has 4 heteroatoms. The molecule has 0 atom stereocenters. The van der Waals surface area contributed by atoms with Crippen LogP contribution in [0.15, 0.2) is 48.7 Å². The molecule has 2 aromatic heterocycles. The molecule has 0 bridgehead atoms. The lowest BCUT2D eigenvalue weighted by molar-refractivity contribution is 0.977. The van der Waals surface area contributed by atoms with Crippen molar-refractivity contribution in [3.05, 3.63) is 60.0 Å². The fraction of sp³-hybridized carbons (Fsp3) is 0.133. The standard InChI is InChI=1S/C15H14N4/c1-11-5-4-7-13(18-11)10-16-15-14-8-3-2-6-12(14)9-17-19-15/h2-9H,10H2,1H3,(H,16,19). The summed E-state index contributed by atoms with van der Waals surface area (Å²) < 4.78 is 0. The molecule has 2 heterocycles. The molecule has 0 aliphatic heterocycles. The molecule has 19 heavy (non-hydrogen) atoms. The van der Waals surface area contributed by atoms with Crippen molar-refractivity contribution in [3.8, 4) is 0 Å². The Bertz CT molecular complexity index is 704. The minimum Gasteiger partial charge on any atom is -0.362 e. The smallest absolute Gasteiger partial charge is 0.156 e. The summed E-state index contributed by atoms with van der Waals surface area (Å²) in [6, 6.07) is 14.1. The third kappa shape index (κ3) is 2.52. The Morgan fingerprint density at radius 3 is 2.84 bits per heavy atom. The molecule has 0 amide bonds. The van der Waals surface area contributed by atoms with E-state index in [1.54, 1.807) is 6.20 Å². The number of nitrogens with one attached hydrogen (secondary N) is 1. The Kier molecular flexibility index (Phi) is 3.06. The third-order valence-corrected chi connectivity index (χ3v) is 2.95. The highest BCUT2D eigenvalue weighted by molar-refractivity contribution is 5.90. The number of anilines is 1. The molecule has 94 valence electrons. The summed E-state index contributed by atoms with van der Waals surface area (Å²) >= 11 is 0. The number of rotatable bonds is 3. The maximum Gasteiger partial charge on any atom is 0.156 e. The lowest BCUT2D eigenvalue weighted by atomic mass is 10.2. The van der Waals surface area contributed by atoms with E-state index in [1.165, 1.54) is 0 Å². The van der Waals surface area contributed by atoms with Crippen molar-refractivity contribution >= 4 is 16.6 Å². The second-order valence-corrected chi connectivity index (χ2v) is 4.40. The second kappa shape index (κ2) is 5.02. The summed E-state index contributed by atoms with van der Waals surface area (Å²) in [5.41, 5.74) is 2.01. The van der Waals surface area contributed by atoms with Gasteiger partial charge in [-0.3, -0.25) is 4.98 Å².